The number of aromatic nitrogens is 1. The van der Waals surface area contributed by atoms with Gasteiger partial charge >= 0.3 is 6.03 Å². The first-order valence-electron chi connectivity index (χ1n) is 9.80. The van der Waals surface area contributed by atoms with E-state index in [0.29, 0.717) is 35.0 Å². The Morgan fingerprint density at radius 3 is 2.31 bits per heavy atom. The van der Waals surface area contributed by atoms with E-state index in [0.717, 1.165) is 5.69 Å². The van der Waals surface area contributed by atoms with Crippen molar-refractivity contribution >= 4 is 40.3 Å². The van der Waals surface area contributed by atoms with Crippen LogP contribution in [0.4, 0.5) is 21.9 Å². The Kier molecular flexibility index (Phi) is 6.74. The fourth-order valence-corrected chi connectivity index (χ4v) is 3.43. The van der Waals surface area contributed by atoms with Crippen molar-refractivity contribution in [1.82, 2.24) is 4.98 Å². The van der Waals surface area contributed by atoms with Gasteiger partial charge in [0.15, 0.2) is 0 Å². The Bertz CT molecular complexity index is 1200. The maximum Gasteiger partial charge on any atom is 0.323 e. The second-order valence-electron chi connectivity index (χ2n) is 6.78. The second-order valence-corrected chi connectivity index (χ2v) is 7.50. The standard InChI is InChI=1S/C24H20N4O3S/c29-23(17-6-4-11-22(12-17)31-14-21-15-32-16-25-21)26-19-9-5-10-20(13-19)28-24(30)27-18-7-2-1-3-8-18/h1-13,15-16H,14H2,(H,26,29)(H2,27,28,30). The van der Waals surface area contributed by atoms with Gasteiger partial charge in [-0.3, -0.25) is 4.79 Å². The zero-order chi connectivity index (χ0) is 22.2. The molecule has 0 bridgehead atoms. The van der Waals surface area contributed by atoms with Gasteiger partial charge in [-0.25, -0.2) is 9.78 Å². The van der Waals surface area contributed by atoms with Crippen LogP contribution in [-0.2, 0) is 6.61 Å². The fraction of sp³-hybridized carbons (Fsp3) is 0.0417. The molecule has 3 aromatic carbocycles. The van der Waals surface area contributed by atoms with Crippen molar-refractivity contribution in [3.05, 3.63) is 101 Å². The summed E-state index contributed by atoms with van der Waals surface area (Å²) in [6.07, 6.45) is 0. The number of carbonyl (C=O) groups is 2. The van der Waals surface area contributed by atoms with Crippen LogP contribution in [0.3, 0.4) is 0 Å². The molecule has 3 N–H and O–H groups in total. The first-order valence-corrected chi connectivity index (χ1v) is 10.7. The molecule has 3 amide bonds. The average Bonchev–Trinajstić information content (AvgIpc) is 3.32. The lowest BCUT2D eigenvalue weighted by Crippen LogP contribution is -2.19. The van der Waals surface area contributed by atoms with E-state index in [2.05, 4.69) is 20.9 Å². The Balaban J connectivity index is 1.36. The molecule has 1 aromatic heterocycles. The molecule has 160 valence electrons. The summed E-state index contributed by atoms with van der Waals surface area (Å²) in [7, 11) is 0. The van der Waals surface area contributed by atoms with Gasteiger partial charge in [-0.2, -0.15) is 0 Å². The van der Waals surface area contributed by atoms with Crippen LogP contribution in [0.1, 0.15) is 16.1 Å². The maximum atomic E-state index is 12.7. The molecule has 32 heavy (non-hydrogen) atoms. The molecule has 0 unspecified atom stereocenters. The minimum absolute atomic E-state index is 0.282. The maximum absolute atomic E-state index is 12.7. The molecule has 0 radical (unpaired) electrons. The highest BCUT2D eigenvalue weighted by Gasteiger charge is 2.09. The van der Waals surface area contributed by atoms with E-state index in [1.807, 2.05) is 23.6 Å². The fourth-order valence-electron chi connectivity index (χ4n) is 2.89. The Labute approximate surface area is 189 Å². The highest BCUT2D eigenvalue weighted by molar-refractivity contribution is 7.07. The Morgan fingerprint density at radius 1 is 0.812 bits per heavy atom. The number of amides is 3. The number of hydrogen-bond acceptors (Lipinski definition) is 5. The monoisotopic (exact) mass is 444 g/mol. The minimum Gasteiger partial charge on any atom is -0.487 e. The molecule has 7 nitrogen and oxygen atoms in total. The van der Waals surface area contributed by atoms with Gasteiger partial charge in [0.1, 0.15) is 12.4 Å². The van der Waals surface area contributed by atoms with E-state index in [4.69, 9.17) is 4.74 Å². The van der Waals surface area contributed by atoms with Gasteiger partial charge in [-0.05, 0) is 48.5 Å². The summed E-state index contributed by atoms with van der Waals surface area (Å²) in [5.41, 5.74) is 4.84. The van der Waals surface area contributed by atoms with E-state index in [1.54, 1.807) is 66.2 Å². The number of hydrogen-bond donors (Lipinski definition) is 3. The highest BCUT2D eigenvalue weighted by Crippen LogP contribution is 2.19. The van der Waals surface area contributed by atoms with Gasteiger partial charge in [0.05, 0.1) is 11.2 Å². The molecule has 0 saturated carbocycles. The number of thiazole rings is 1. The number of nitrogens with one attached hydrogen (secondary N) is 3. The summed E-state index contributed by atoms with van der Waals surface area (Å²) < 4.78 is 5.71. The normalized spacial score (nSPS) is 10.2. The van der Waals surface area contributed by atoms with Crippen molar-refractivity contribution < 1.29 is 14.3 Å². The van der Waals surface area contributed by atoms with E-state index in [-0.39, 0.29) is 11.9 Å². The second kappa shape index (κ2) is 10.2. The number of rotatable bonds is 7. The van der Waals surface area contributed by atoms with Gasteiger partial charge in [0.2, 0.25) is 0 Å². The molecule has 0 atom stereocenters. The number of benzene rings is 3. The molecule has 8 heteroatoms. The smallest absolute Gasteiger partial charge is 0.323 e. The predicted octanol–water partition coefficient (Wildman–Crippen LogP) is 5.62. The van der Waals surface area contributed by atoms with Crippen LogP contribution in [0, 0.1) is 0 Å². The minimum atomic E-state index is -0.371. The molecule has 0 spiro atoms. The summed E-state index contributed by atoms with van der Waals surface area (Å²) >= 11 is 1.50. The largest absolute Gasteiger partial charge is 0.487 e. The topological polar surface area (TPSA) is 92.4 Å². The third kappa shape index (κ3) is 5.93. The first kappa shape index (κ1) is 21.1. The van der Waals surface area contributed by atoms with Gasteiger partial charge < -0.3 is 20.7 Å². The lowest BCUT2D eigenvalue weighted by atomic mass is 10.2. The molecule has 0 aliphatic rings. The number of ether oxygens (including phenoxy) is 1. The molecule has 0 fully saturated rings. The number of anilines is 3. The molecule has 4 rings (SSSR count). The Hall–Kier alpha value is -4.17. The predicted molar refractivity (Wildman–Crippen MR) is 126 cm³/mol. The number of urea groups is 1. The van der Waals surface area contributed by atoms with Crippen LogP contribution < -0.4 is 20.7 Å². The van der Waals surface area contributed by atoms with Crippen molar-refractivity contribution in [1.29, 1.82) is 0 Å². The zero-order valence-corrected chi connectivity index (χ0v) is 17.8. The van der Waals surface area contributed by atoms with Gasteiger partial charge in [0.25, 0.3) is 5.91 Å². The van der Waals surface area contributed by atoms with Gasteiger partial charge in [-0.1, -0.05) is 30.3 Å². The van der Waals surface area contributed by atoms with Gasteiger partial charge in [-0.15, -0.1) is 11.3 Å². The van der Waals surface area contributed by atoms with Crippen LogP contribution in [0.25, 0.3) is 0 Å². The summed E-state index contributed by atoms with van der Waals surface area (Å²) in [5, 5.41) is 10.3. The molecule has 0 aliphatic heterocycles. The number of para-hydroxylation sites is 1. The van der Waals surface area contributed by atoms with Crippen LogP contribution in [0.2, 0.25) is 0 Å². The molecular weight excluding hydrogens is 424 g/mol. The van der Waals surface area contributed by atoms with Crippen LogP contribution in [0.15, 0.2) is 89.8 Å². The lowest BCUT2D eigenvalue weighted by molar-refractivity contribution is 0.102. The Morgan fingerprint density at radius 2 is 1.53 bits per heavy atom. The first-order chi connectivity index (χ1) is 15.7. The van der Waals surface area contributed by atoms with Crippen molar-refractivity contribution in [3.63, 3.8) is 0 Å². The third-order valence-corrected chi connectivity index (χ3v) is 5.01. The van der Waals surface area contributed by atoms with E-state index < -0.39 is 0 Å². The number of carbonyl (C=O) groups excluding carboxylic acids is 2. The van der Waals surface area contributed by atoms with Crippen LogP contribution in [-0.4, -0.2) is 16.9 Å². The molecule has 4 aromatic rings. The van der Waals surface area contributed by atoms with Gasteiger partial charge in [0, 0.05) is 28.0 Å². The lowest BCUT2D eigenvalue weighted by Gasteiger charge is -2.11. The molecule has 0 saturated heterocycles. The van der Waals surface area contributed by atoms with Crippen molar-refractivity contribution in [2.45, 2.75) is 6.61 Å². The molecule has 0 aliphatic carbocycles. The summed E-state index contributed by atoms with van der Waals surface area (Å²) in [6, 6.07) is 22.6. The van der Waals surface area contributed by atoms with Crippen LogP contribution in [0.5, 0.6) is 5.75 Å². The highest BCUT2D eigenvalue weighted by atomic mass is 32.1. The summed E-state index contributed by atoms with van der Waals surface area (Å²) in [5.74, 6) is 0.300. The zero-order valence-electron chi connectivity index (χ0n) is 16.9. The van der Waals surface area contributed by atoms with E-state index in [9.17, 15) is 9.59 Å². The van der Waals surface area contributed by atoms with Crippen LogP contribution >= 0.6 is 11.3 Å². The summed E-state index contributed by atoms with van der Waals surface area (Å²) in [4.78, 5) is 29.1. The van der Waals surface area contributed by atoms with E-state index >= 15 is 0 Å². The third-order valence-electron chi connectivity index (χ3n) is 4.38. The SMILES string of the molecule is O=C(Nc1ccccc1)Nc1cccc(NC(=O)c2cccc(OCc3cscn3)c2)c1. The molecular formula is C24H20N4O3S. The van der Waals surface area contributed by atoms with Crippen molar-refractivity contribution in [3.8, 4) is 5.75 Å². The van der Waals surface area contributed by atoms with Crippen molar-refractivity contribution in [2.24, 2.45) is 0 Å². The summed E-state index contributed by atoms with van der Waals surface area (Å²) in [6.45, 7) is 0.341. The van der Waals surface area contributed by atoms with E-state index in [1.165, 1.54) is 11.3 Å². The quantitative estimate of drug-likeness (QED) is 0.345. The van der Waals surface area contributed by atoms with Crippen molar-refractivity contribution in [2.75, 3.05) is 16.0 Å². The number of nitrogens with zero attached hydrogens (tertiary/aromatic N) is 1. The molecule has 1 heterocycles. The average molecular weight is 445 g/mol.